The molecule has 0 saturated carbocycles. The van der Waals surface area contributed by atoms with Crippen molar-refractivity contribution in [2.24, 2.45) is 0 Å². The summed E-state index contributed by atoms with van der Waals surface area (Å²) in [6, 6.07) is 6.02. The fraction of sp³-hybridized carbons (Fsp3) is 0.476. The van der Waals surface area contributed by atoms with Crippen LogP contribution in [-0.2, 0) is 11.3 Å². The summed E-state index contributed by atoms with van der Waals surface area (Å²) < 4.78 is 5.29. The Hall–Kier alpha value is -1.74. The van der Waals surface area contributed by atoms with Gasteiger partial charge in [-0.05, 0) is 43.6 Å². The molecule has 2 aromatic rings. The summed E-state index contributed by atoms with van der Waals surface area (Å²) in [5, 5.41) is 7.50. The van der Waals surface area contributed by atoms with Gasteiger partial charge in [0.25, 0.3) is 5.91 Å². The van der Waals surface area contributed by atoms with Crippen molar-refractivity contribution in [2.45, 2.75) is 25.9 Å². The van der Waals surface area contributed by atoms with E-state index >= 15 is 0 Å². The average molecular weight is 485 g/mol. The van der Waals surface area contributed by atoms with Gasteiger partial charge < -0.3 is 14.7 Å². The first kappa shape index (κ1) is 23.9. The van der Waals surface area contributed by atoms with Gasteiger partial charge in [-0.3, -0.25) is 14.5 Å². The molecule has 2 amide bonds. The summed E-state index contributed by atoms with van der Waals surface area (Å²) in [4.78, 5) is 30.0. The number of nitrogens with zero attached hydrogens (tertiary/aromatic N) is 3. The van der Waals surface area contributed by atoms with Crippen LogP contribution in [0.25, 0.3) is 0 Å². The number of aromatic nitrogens is 1. The van der Waals surface area contributed by atoms with Crippen molar-refractivity contribution in [3.63, 3.8) is 0 Å². The molecule has 0 bridgehead atoms. The lowest BCUT2D eigenvalue weighted by molar-refractivity contribution is -0.135. The van der Waals surface area contributed by atoms with E-state index in [9.17, 15) is 9.59 Å². The van der Waals surface area contributed by atoms with Crippen LogP contribution in [0.15, 0.2) is 28.8 Å². The molecule has 1 aromatic carbocycles. The molecule has 1 saturated heterocycles. The molecule has 168 valence electrons. The lowest BCUT2D eigenvalue weighted by Gasteiger charge is -2.36. The van der Waals surface area contributed by atoms with Gasteiger partial charge in [0.05, 0.1) is 22.8 Å². The summed E-state index contributed by atoms with van der Waals surface area (Å²) in [7, 11) is 0. The number of amides is 2. The fourth-order valence-corrected chi connectivity index (χ4v) is 4.43. The highest BCUT2D eigenvalue weighted by molar-refractivity contribution is 7.98. The van der Waals surface area contributed by atoms with E-state index in [2.05, 4.69) is 15.4 Å². The third kappa shape index (κ3) is 6.62. The SMILES string of the molecule is CSCCC(NC(=O)c1ccc(Cl)cc1Cl)C(=O)N1CCN(Cc2cc(C)no2)CC1. The molecule has 0 spiro atoms. The van der Waals surface area contributed by atoms with E-state index in [1.165, 1.54) is 6.07 Å². The van der Waals surface area contributed by atoms with Crippen LogP contribution in [0.5, 0.6) is 0 Å². The van der Waals surface area contributed by atoms with E-state index in [0.717, 1.165) is 30.3 Å². The van der Waals surface area contributed by atoms with Crippen LogP contribution in [0.4, 0.5) is 0 Å². The summed E-state index contributed by atoms with van der Waals surface area (Å²) in [6.45, 7) is 5.22. The molecular formula is C21H26Cl2N4O3S. The standard InChI is InChI=1S/C21H26Cl2N4O3S/c1-14-11-16(30-25-14)13-26-6-8-27(9-7-26)21(29)19(5-10-31-2)24-20(28)17-4-3-15(22)12-18(17)23/h3-4,11-12,19H,5-10,13H2,1-2H3,(H,24,28). The first-order valence-corrected chi connectivity index (χ1v) is 12.2. The highest BCUT2D eigenvalue weighted by Gasteiger charge is 2.29. The van der Waals surface area contributed by atoms with Crippen molar-refractivity contribution < 1.29 is 14.1 Å². The molecule has 0 aliphatic carbocycles. The molecule has 2 heterocycles. The van der Waals surface area contributed by atoms with Gasteiger partial charge in [-0.15, -0.1) is 0 Å². The molecular weight excluding hydrogens is 459 g/mol. The average Bonchev–Trinajstić information content (AvgIpc) is 3.15. The van der Waals surface area contributed by atoms with Crippen molar-refractivity contribution in [2.75, 3.05) is 38.2 Å². The number of halogens is 2. The summed E-state index contributed by atoms with van der Waals surface area (Å²) in [6.07, 6.45) is 2.53. The van der Waals surface area contributed by atoms with Crippen LogP contribution in [0, 0.1) is 6.92 Å². The number of carbonyl (C=O) groups excluding carboxylic acids is 2. The lowest BCUT2D eigenvalue weighted by atomic mass is 10.1. The quantitative estimate of drug-likeness (QED) is 0.617. The first-order valence-electron chi connectivity index (χ1n) is 10.1. The minimum absolute atomic E-state index is 0.0670. The largest absolute Gasteiger partial charge is 0.360 e. The van der Waals surface area contributed by atoms with Gasteiger partial charge in [-0.2, -0.15) is 11.8 Å². The van der Waals surface area contributed by atoms with Gasteiger partial charge in [-0.1, -0.05) is 28.4 Å². The normalized spacial score (nSPS) is 15.7. The number of carbonyl (C=O) groups is 2. The second-order valence-electron chi connectivity index (χ2n) is 7.47. The maximum absolute atomic E-state index is 13.2. The van der Waals surface area contributed by atoms with Gasteiger partial charge in [0, 0.05) is 37.3 Å². The van der Waals surface area contributed by atoms with Crippen LogP contribution in [-0.4, -0.2) is 71.0 Å². The lowest BCUT2D eigenvalue weighted by Crippen LogP contribution is -2.55. The number of hydrogen-bond acceptors (Lipinski definition) is 6. The van der Waals surface area contributed by atoms with Gasteiger partial charge in [-0.25, -0.2) is 0 Å². The Morgan fingerprint density at radius 3 is 2.58 bits per heavy atom. The number of nitrogens with one attached hydrogen (secondary N) is 1. The smallest absolute Gasteiger partial charge is 0.253 e. The van der Waals surface area contributed by atoms with Gasteiger partial charge >= 0.3 is 0 Å². The monoisotopic (exact) mass is 484 g/mol. The Kier molecular flexibility index (Phi) is 8.66. The van der Waals surface area contributed by atoms with Crippen molar-refractivity contribution in [1.82, 2.24) is 20.3 Å². The Balaban J connectivity index is 1.59. The molecule has 1 unspecified atom stereocenters. The highest BCUT2D eigenvalue weighted by Crippen LogP contribution is 2.21. The molecule has 1 aliphatic rings. The zero-order valence-electron chi connectivity index (χ0n) is 17.6. The fourth-order valence-electron chi connectivity index (χ4n) is 3.46. The predicted molar refractivity (Wildman–Crippen MR) is 124 cm³/mol. The molecule has 0 radical (unpaired) electrons. The van der Waals surface area contributed by atoms with E-state index in [0.29, 0.717) is 36.6 Å². The van der Waals surface area contributed by atoms with Crippen LogP contribution in [0.3, 0.4) is 0 Å². The van der Waals surface area contributed by atoms with Gasteiger partial charge in [0.15, 0.2) is 5.76 Å². The Morgan fingerprint density at radius 1 is 1.23 bits per heavy atom. The van der Waals surface area contributed by atoms with E-state index < -0.39 is 6.04 Å². The number of piperazine rings is 1. The number of thioether (sulfide) groups is 1. The molecule has 1 atom stereocenters. The van der Waals surface area contributed by atoms with Crippen molar-refractivity contribution in [3.8, 4) is 0 Å². The Bertz CT molecular complexity index is 916. The maximum atomic E-state index is 13.2. The summed E-state index contributed by atoms with van der Waals surface area (Å²) >= 11 is 13.7. The molecule has 3 rings (SSSR count). The molecule has 10 heteroatoms. The van der Waals surface area contributed by atoms with E-state index in [1.807, 2.05) is 24.1 Å². The second kappa shape index (κ2) is 11.2. The van der Waals surface area contributed by atoms with Gasteiger partial charge in [0.1, 0.15) is 6.04 Å². The molecule has 1 fully saturated rings. The van der Waals surface area contributed by atoms with Crippen LogP contribution < -0.4 is 5.32 Å². The topological polar surface area (TPSA) is 78.7 Å². The molecule has 7 nitrogen and oxygen atoms in total. The minimum Gasteiger partial charge on any atom is -0.360 e. The maximum Gasteiger partial charge on any atom is 0.253 e. The number of hydrogen-bond donors (Lipinski definition) is 1. The van der Waals surface area contributed by atoms with E-state index in [-0.39, 0.29) is 16.8 Å². The zero-order chi connectivity index (χ0) is 22.4. The minimum atomic E-state index is -0.602. The van der Waals surface area contributed by atoms with Crippen molar-refractivity contribution >= 4 is 46.8 Å². The van der Waals surface area contributed by atoms with E-state index in [4.69, 9.17) is 27.7 Å². The highest BCUT2D eigenvalue weighted by atomic mass is 35.5. The van der Waals surface area contributed by atoms with Gasteiger partial charge in [0.2, 0.25) is 5.91 Å². The molecule has 31 heavy (non-hydrogen) atoms. The van der Waals surface area contributed by atoms with Crippen LogP contribution >= 0.6 is 35.0 Å². The van der Waals surface area contributed by atoms with Crippen LogP contribution in [0.2, 0.25) is 10.0 Å². The predicted octanol–water partition coefficient (Wildman–Crippen LogP) is 3.49. The first-order chi connectivity index (χ1) is 14.9. The second-order valence-corrected chi connectivity index (χ2v) is 9.30. The Labute approximate surface area is 196 Å². The zero-order valence-corrected chi connectivity index (χ0v) is 19.9. The number of aryl methyl sites for hydroxylation is 1. The molecule has 1 N–H and O–H groups in total. The van der Waals surface area contributed by atoms with Crippen LogP contribution in [0.1, 0.15) is 28.2 Å². The summed E-state index contributed by atoms with van der Waals surface area (Å²) in [5.41, 5.74) is 1.16. The van der Waals surface area contributed by atoms with E-state index in [1.54, 1.807) is 23.9 Å². The third-order valence-electron chi connectivity index (χ3n) is 5.13. The summed E-state index contributed by atoms with van der Waals surface area (Å²) in [5.74, 6) is 1.14. The van der Waals surface area contributed by atoms with Crippen molar-refractivity contribution in [3.05, 3.63) is 51.3 Å². The van der Waals surface area contributed by atoms with Crippen molar-refractivity contribution in [1.29, 1.82) is 0 Å². The molecule has 1 aromatic heterocycles. The number of benzene rings is 1. The number of rotatable bonds is 8. The Morgan fingerprint density at radius 2 is 1.97 bits per heavy atom. The molecule has 1 aliphatic heterocycles. The third-order valence-corrected chi connectivity index (χ3v) is 6.32.